The molecule has 4 heterocycles. The molecule has 168 valence electrons. The zero-order valence-electron chi connectivity index (χ0n) is 18.8. The summed E-state index contributed by atoms with van der Waals surface area (Å²) >= 11 is 0. The van der Waals surface area contributed by atoms with Gasteiger partial charge in [0, 0.05) is 54.7 Å². The minimum Gasteiger partial charge on any atom is -0.367 e. The van der Waals surface area contributed by atoms with Crippen molar-refractivity contribution in [2.24, 2.45) is 0 Å². The second kappa shape index (κ2) is 9.02. The van der Waals surface area contributed by atoms with Crippen molar-refractivity contribution < 1.29 is 4.39 Å². The number of aromatic amines is 1. The lowest BCUT2D eigenvalue weighted by atomic mass is 10.1. The molecular weight excluding hydrogens is 415 g/mol. The minimum absolute atomic E-state index is 0.337. The van der Waals surface area contributed by atoms with Crippen molar-refractivity contribution in [2.45, 2.75) is 39.0 Å². The first-order valence-corrected chi connectivity index (χ1v) is 11.4. The number of aromatic nitrogens is 5. The van der Waals surface area contributed by atoms with Crippen LogP contribution in [0.3, 0.4) is 0 Å². The zero-order valence-corrected chi connectivity index (χ0v) is 18.8. The van der Waals surface area contributed by atoms with Crippen LogP contribution < -0.4 is 5.32 Å². The Morgan fingerprint density at radius 1 is 1.24 bits per heavy atom. The number of allylic oxidation sites excluding steroid dienone is 3. The van der Waals surface area contributed by atoms with E-state index in [9.17, 15) is 4.39 Å². The van der Waals surface area contributed by atoms with Crippen LogP contribution in [0.4, 0.5) is 10.2 Å². The fraction of sp³-hybridized carbons (Fsp3) is 0.269. The van der Waals surface area contributed by atoms with E-state index in [1.54, 1.807) is 6.20 Å². The Morgan fingerprint density at radius 2 is 2.15 bits per heavy atom. The first-order valence-electron chi connectivity index (χ1n) is 11.4. The molecule has 0 saturated carbocycles. The van der Waals surface area contributed by atoms with Crippen LogP contribution in [0.2, 0.25) is 0 Å². The van der Waals surface area contributed by atoms with Gasteiger partial charge in [0.25, 0.3) is 0 Å². The van der Waals surface area contributed by atoms with E-state index >= 15 is 0 Å². The monoisotopic (exact) mass is 442 g/mol. The number of nitrogens with one attached hydrogen (secondary N) is 2. The predicted molar refractivity (Wildman–Crippen MR) is 130 cm³/mol. The highest BCUT2D eigenvalue weighted by Crippen LogP contribution is 2.27. The molecule has 4 aromatic heterocycles. The van der Waals surface area contributed by atoms with Gasteiger partial charge in [0.1, 0.15) is 5.82 Å². The molecule has 0 aromatic carbocycles. The molecule has 1 aliphatic rings. The summed E-state index contributed by atoms with van der Waals surface area (Å²) in [5, 5.41) is 3.48. The third-order valence-corrected chi connectivity index (χ3v) is 6.25. The van der Waals surface area contributed by atoms with Crippen molar-refractivity contribution in [3.63, 3.8) is 0 Å². The Hall–Kier alpha value is -3.74. The molecule has 1 unspecified atom stereocenters. The molecule has 0 amide bonds. The quantitative estimate of drug-likeness (QED) is 0.394. The Balaban J connectivity index is 1.47. The number of H-pyrrole nitrogens is 1. The number of fused-ring (bicyclic) bond motifs is 2. The zero-order chi connectivity index (χ0) is 22.8. The molecule has 4 aromatic rings. The summed E-state index contributed by atoms with van der Waals surface area (Å²) in [4.78, 5) is 16.9. The van der Waals surface area contributed by atoms with Gasteiger partial charge in [-0.25, -0.2) is 14.4 Å². The number of anilines is 1. The fourth-order valence-corrected chi connectivity index (χ4v) is 4.23. The highest BCUT2D eigenvalue weighted by molar-refractivity contribution is 5.70. The maximum Gasteiger partial charge on any atom is 0.180 e. The molecule has 33 heavy (non-hydrogen) atoms. The number of imidazole rings is 1. The van der Waals surface area contributed by atoms with Crippen LogP contribution in [0.1, 0.15) is 48.7 Å². The van der Waals surface area contributed by atoms with Crippen molar-refractivity contribution in [3.05, 3.63) is 83.6 Å². The molecule has 0 fully saturated rings. The van der Waals surface area contributed by atoms with Gasteiger partial charge in [-0.15, -0.1) is 0 Å². The second-order valence-corrected chi connectivity index (χ2v) is 8.43. The number of nitrogens with zero attached hydrogens (tertiary/aromatic N) is 4. The van der Waals surface area contributed by atoms with Crippen LogP contribution in [0, 0.1) is 5.82 Å². The highest BCUT2D eigenvalue weighted by atomic mass is 19.1. The SMILES string of the molecule is CCC(C)c1cnc2c(NCCc3c[nH]c4c3C=CC=CC4)nc(-c3cncc(F)c3)cn12. The lowest BCUT2D eigenvalue weighted by molar-refractivity contribution is 0.622. The summed E-state index contributed by atoms with van der Waals surface area (Å²) in [5.74, 6) is 0.641. The van der Waals surface area contributed by atoms with E-state index in [-0.39, 0.29) is 5.82 Å². The van der Waals surface area contributed by atoms with Crippen LogP contribution in [-0.2, 0) is 12.8 Å². The summed E-state index contributed by atoms with van der Waals surface area (Å²) in [6, 6.07) is 1.46. The molecule has 1 atom stereocenters. The summed E-state index contributed by atoms with van der Waals surface area (Å²) < 4.78 is 15.9. The normalized spacial score (nSPS) is 13.8. The third-order valence-electron chi connectivity index (χ3n) is 6.25. The maximum absolute atomic E-state index is 13.9. The molecule has 0 spiro atoms. The van der Waals surface area contributed by atoms with Gasteiger partial charge >= 0.3 is 0 Å². The molecule has 5 rings (SSSR count). The van der Waals surface area contributed by atoms with Crippen LogP contribution in [0.25, 0.3) is 23.0 Å². The van der Waals surface area contributed by atoms with Crippen molar-refractivity contribution in [1.82, 2.24) is 24.3 Å². The summed E-state index contributed by atoms with van der Waals surface area (Å²) in [6.07, 6.45) is 20.0. The van der Waals surface area contributed by atoms with Gasteiger partial charge in [0.2, 0.25) is 0 Å². The Bertz CT molecular complexity index is 1350. The molecule has 0 saturated heterocycles. The van der Waals surface area contributed by atoms with Gasteiger partial charge in [-0.1, -0.05) is 38.2 Å². The van der Waals surface area contributed by atoms with Gasteiger partial charge in [-0.2, -0.15) is 0 Å². The minimum atomic E-state index is -0.382. The largest absolute Gasteiger partial charge is 0.367 e. The summed E-state index contributed by atoms with van der Waals surface area (Å²) in [5.41, 5.74) is 6.94. The van der Waals surface area contributed by atoms with Crippen molar-refractivity contribution in [3.8, 4) is 11.3 Å². The molecule has 0 bridgehead atoms. The Kier molecular flexibility index (Phi) is 5.77. The number of halogens is 1. The Labute approximate surface area is 192 Å². The third kappa shape index (κ3) is 4.18. The molecule has 1 aliphatic carbocycles. The summed E-state index contributed by atoms with van der Waals surface area (Å²) in [7, 11) is 0. The van der Waals surface area contributed by atoms with Crippen molar-refractivity contribution in [1.29, 1.82) is 0 Å². The number of hydrogen-bond donors (Lipinski definition) is 2. The van der Waals surface area contributed by atoms with Crippen molar-refractivity contribution >= 4 is 17.5 Å². The van der Waals surface area contributed by atoms with Gasteiger partial charge < -0.3 is 10.3 Å². The van der Waals surface area contributed by atoms with Gasteiger partial charge in [-0.3, -0.25) is 9.38 Å². The highest BCUT2D eigenvalue weighted by Gasteiger charge is 2.16. The first-order chi connectivity index (χ1) is 16.1. The van der Waals surface area contributed by atoms with E-state index in [1.165, 1.54) is 29.1 Å². The fourth-order valence-electron chi connectivity index (χ4n) is 4.23. The molecular formula is C26H27FN6. The number of pyridine rings is 1. The maximum atomic E-state index is 13.9. The van der Waals surface area contributed by atoms with Gasteiger partial charge in [0.05, 0.1) is 11.9 Å². The molecule has 0 aliphatic heterocycles. The number of rotatable bonds is 7. The second-order valence-electron chi connectivity index (χ2n) is 8.43. The number of hydrogen-bond acceptors (Lipinski definition) is 4. The van der Waals surface area contributed by atoms with E-state index in [0.29, 0.717) is 29.5 Å². The van der Waals surface area contributed by atoms with E-state index in [0.717, 1.165) is 30.6 Å². The average Bonchev–Trinajstić information content (AvgIpc) is 3.35. The lowest BCUT2D eigenvalue weighted by Crippen LogP contribution is -2.10. The Morgan fingerprint density at radius 3 is 3.00 bits per heavy atom. The van der Waals surface area contributed by atoms with E-state index in [4.69, 9.17) is 4.98 Å². The molecule has 2 N–H and O–H groups in total. The van der Waals surface area contributed by atoms with Crippen molar-refractivity contribution in [2.75, 3.05) is 11.9 Å². The predicted octanol–water partition coefficient (Wildman–Crippen LogP) is 5.55. The summed E-state index contributed by atoms with van der Waals surface area (Å²) in [6.45, 7) is 5.04. The van der Waals surface area contributed by atoms with Gasteiger partial charge in [-0.05, 0) is 36.0 Å². The molecule has 0 radical (unpaired) electrons. The van der Waals surface area contributed by atoms with E-state index in [1.807, 2.05) is 12.4 Å². The lowest BCUT2D eigenvalue weighted by Gasteiger charge is -2.13. The standard InChI is InChI=1S/C26H27FN6/c1-3-17(2)24-15-31-26-25(32-23(16-33(24)26)19-11-20(27)14-28-12-19)29-10-9-18-13-30-22-8-6-4-5-7-21(18)22/h4-7,11-17,30H,3,8-10H2,1-2H3,(H,29,32). The first kappa shape index (κ1) is 21.1. The van der Waals surface area contributed by atoms with Crippen LogP contribution in [0.5, 0.6) is 0 Å². The molecule has 6 nitrogen and oxygen atoms in total. The smallest absolute Gasteiger partial charge is 0.180 e. The van der Waals surface area contributed by atoms with Crippen LogP contribution in [-0.4, -0.2) is 30.9 Å². The van der Waals surface area contributed by atoms with Gasteiger partial charge in [0.15, 0.2) is 11.5 Å². The van der Waals surface area contributed by atoms with Crippen LogP contribution in [0.15, 0.2) is 55.3 Å². The average molecular weight is 443 g/mol. The van der Waals surface area contributed by atoms with E-state index < -0.39 is 0 Å². The molecule has 7 heteroatoms. The van der Waals surface area contributed by atoms with E-state index in [2.05, 4.69) is 69.0 Å². The topological polar surface area (TPSA) is 70.9 Å². The van der Waals surface area contributed by atoms with Crippen LogP contribution >= 0.6 is 0 Å².